The first-order chi connectivity index (χ1) is 8.17. The number of methoxy groups -OCH3 is 1. The van der Waals surface area contributed by atoms with Crippen molar-refractivity contribution in [3.63, 3.8) is 0 Å². The number of carbonyl (C=O) groups is 1. The average Bonchev–Trinajstić information content (AvgIpc) is 2.38. The molecule has 0 aromatic heterocycles. The highest BCUT2D eigenvalue weighted by Gasteiger charge is 2.06. The van der Waals surface area contributed by atoms with E-state index in [1.807, 2.05) is 30.0 Å². The smallest absolute Gasteiger partial charge is 0.337 e. The lowest BCUT2D eigenvalue weighted by atomic mass is 10.1. The largest absolute Gasteiger partial charge is 0.465 e. The molecular formula is C13H19NO2S. The van der Waals surface area contributed by atoms with Crippen molar-refractivity contribution < 1.29 is 9.53 Å². The van der Waals surface area contributed by atoms with E-state index < -0.39 is 0 Å². The molecule has 0 bridgehead atoms. The Morgan fingerprint density at radius 3 is 2.94 bits per heavy atom. The third kappa shape index (κ3) is 4.79. The highest BCUT2D eigenvalue weighted by Crippen LogP contribution is 2.16. The standard InChI is InChI=1S/C13H19NO2S/c1-10(7-14)8-17-9-11-4-3-5-12(6-11)13(15)16-2/h3-6,10H,7-9,14H2,1-2H3. The van der Waals surface area contributed by atoms with Crippen molar-refractivity contribution in [2.45, 2.75) is 12.7 Å². The molecule has 0 fully saturated rings. The van der Waals surface area contributed by atoms with Crippen LogP contribution < -0.4 is 5.73 Å². The molecule has 0 saturated heterocycles. The van der Waals surface area contributed by atoms with Gasteiger partial charge in [-0.3, -0.25) is 0 Å². The lowest BCUT2D eigenvalue weighted by molar-refractivity contribution is 0.0600. The van der Waals surface area contributed by atoms with E-state index in [1.165, 1.54) is 7.11 Å². The second-order valence-electron chi connectivity index (χ2n) is 4.05. The highest BCUT2D eigenvalue weighted by molar-refractivity contribution is 7.98. The summed E-state index contributed by atoms with van der Waals surface area (Å²) in [5.74, 6) is 2.18. The van der Waals surface area contributed by atoms with Gasteiger partial charge in [0, 0.05) is 5.75 Å². The second-order valence-corrected chi connectivity index (χ2v) is 5.08. The molecule has 0 spiro atoms. The van der Waals surface area contributed by atoms with Crippen molar-refractivity contribution in [1.82, 2.24) is 0 Å². The van der Waals surface area contributed by atoms with Crippen LogP contribution in [0.15, 0.2) is 24.3 Å². The first-order valence-electron chi connectivity index (χ1n) is 5.62. The number of hydrogen-bond donors (Lipinski definition) is 1. The van der Waals surface area contributed by atoms with Crippen molar-refractivity contribution in [3.8, 4) is 0 Å². The Kier molecular flexibility index (Phi) is 6.08. The van der Waals surface area contributed by atoms with Gasteiger partial charge in [-0.1, -0.05) is 19.1 Å². The summed E-state index contributed by atoms with van der Waals surface area (Å²) in [7, 11) is 1.40. The maximum Gasteiger partial charge on any atom is 0.337 e. The number of benzene rings is 1. The Hall–Kier alpha value is -1.00. The monoisotopic (exact) mass is 253 g/mol. The Morgan fingerprint density at radius 1 is 1.53 bits per heavy atom. The first-order valence-corrected chi connectivity index (χ1v) is 6.78. The number of hydrogen-bond acceptors (Lipinski definition) is 4. The zero-order valence-electron chi connectivity index (χ0n) is 10.3. The summed E-state index contributed by atoms with van der Waals surface area (Å²) in [4.78, 5) is 11.3. The molecule has 0 amide bonds. The Labute approximate surface area is 107 Å². The third-order valence-electron chi connectivity index (χ3n) is 2.42. The van der Waals surface area contributed by atoms with Crippen LogP contribution in [0.5, 0.6) is 0 Å². The lowest BCUT2D eigenvalue weighted by Gasteiger charge is -2.08. The van der Waals surface area contributed by atoms with Gasteiger partial charge in [-0.2, -0.15) is 11.8 Å². The Morgan fingerprint density at radius 2 is 2.29 bits per heavy atom. The van der Waals surface area contributed by atoms with Crippen molar-refractivity contribution in [2.75, 3.05) is 19.4 Å². The molecule has 1 atom stereocenters. The molecule has 1 aromatic rings. The fourth-order valence-electron chi connectivity index (χ4n) is 1.35. The third-order valence-corrected chi connectivity index (χ3v) is 3.76. The Bertz CT molecular complexity index is 368. The van der Waals surface area contributed by atoms with Gasteiger partial charge in [-0.05, 0) is 35.9 Å². The SMILES string of the molecule is COC(=O)c1cccc(CSCC(C)CN)c1. The normalized spacial score (nSPS) is 12.2. The zero-order valence-corrected chi connectivity index (χ0v) is 11.1. The van der Waals surface area contributed by atoms with Gasteiger partial charge >= 0.3 is 5.97 Å². The quantitative estimate of drug-likeness (QED) is 0.790. The van der Waals surface area contributed by atoms with Gasteiger partial charge in [0.15, 0.2) is 0 Å². The fourth-order valence-corrected chi connectivity index (χ4v) is 2.42. The fraction of sp³-hybridized carbons (Fsp3) is 0.462. The molecule has 1 unspecified atom stereocenters. The van der Waals surface area contributed by atoms with Gasteiger partial charge < -0.3 is 10.5 Å². The van der Waals surface area contributed by atoms with Crippen LogP contribution in [0.3, 0.4) is 0 Å². The van der Waals surface area contributed by atoms with Crippen molar-refractivity contribution in [2.24, 2.45) is 11.7 Å². The summed E-state index contributed by atoms with van der Waals surface area (Å²) in [5, 5.41) is 0. The molecular weight excluding hydrogens is 234 g/mol. The van der Waals surface area contributed by atoms with Crippen molar-refractivity contribution in [3.05, 3.63) is 35.4 Å². The molecule has 1 aromatic carbocycles. The molecule has 94 valence electrons. The molecule has 0 heterocycles. The van der Waals surface area contributed by atoms with Gasteiger partial charge in [0.05, 0.1) is 12.7 Å². The minimum atomic E-state index is -0.285. The van der Waals surface area contributed by atoms with Crippen LogP contribution in [0.25, 0.3) is 0 Å². The van der Waals surface area contributed by atoms with Gasteiger partial charge in [-0.25, -0.2) is 4.79 Å². The maximum absolute atomic E-state index is 11.3. The number of nitrogens with two attached hydrogens (primary N) is 1. The average molecular weight is 253 g/mol. The predicted molar refractivity (Wildman–Crippen MR) is 72.2 cm³/mol. The molecule has 0 saturated carbocycles. The van der Waals surface area contributed by atoms with E-state index in [1.54, 1.807) is 6.07 Å². The summed E-state index contributed by atoms with van der Waals surface area (Å²) in [6, 6.07) is 7.55. The minimum Gasteiger partial charge on any atom is -0.465 e. The molecule has 2 N–H and O–H groups in total. The number of esters is 1. The molecule has 17 heavy (non-hydrogen) atoms. The van der Waals surface area contributed by atoms with E-state index in [2.05, 4.69) is 11.7 Å². The van der Waals surface area contributed by atoms with Gasteiger partial charge in [-0.15, -0.1) is 0 Å². The molecule has 0 radical (unpaired) electrons. The molecule has 1 rings (SSSR count). The molecule has 3 nitrogen and oxygen atoms in total. The van der Waals surface area contributed by atoms with Crippen molar-refractivity contribution >= 4 is 17.7 Å². The number of carbonyl (C=O) groups excluding carboxylic acids is 1. The Balaban J connectivity index is 2.51. The van der Waals surface area contributed by atoms with Crippen LogP contribution in [0.4, 0.5) is 0 Å². The minimum absolute atomic E-state index is 0.285. The predicted octanol–water partition coefficient (Wildman–Crippen LogP) is 2.30. The number of rotatable bonds is 6. The number of ether oxygens (including phenoxy) is 1. The lowest BCUT2D eigenvalue weighted by Crippen LogP contribution is -2.12. The summed E-state index contributed by atoms with van der Waals surface area (Å²) in [6.07, 6.45) is 0. The summed E-state index contributed by atoms with van der Waals surface area (Å²) in [6.45, 7) is 2.85. The topological polar surface area (TPSA) is 52.3 Å². The van der Waals surface area contributed by atoms with Crippen molar-refractivity contribution in [1.29, 1.82) is 0 Å². The van der Waals surface area contributed by atoms with E-state index >= 15 is 0 Å². The van der Waals surface area contributed by atoms with E-state index in [-0.39, 0.29) is 5.97 Å². The summed E-state index contributed by atoms with van der Waals surface area (Å²) >= 11 is 1.83. The zero-order chi connectivity index (χ0) is 12.7. The number of thioether (sulfide) groups is 1. The van der Waals surface area contributed by atoms with E-state index in [9.17, 15) is 4.79 Å². The van der Waals surface area contributed by atoms with E-state index in [4.69, 9.17) is 5.73 Å². The van der Waals surface area contributed by atoms with Crippen LogP contribution in [-0.2, 0) is 10.5 Å². The summed E-state index contributed by atoms with van der Waals surface area (Å²) in [5.41, 5.74) is 7.31. The van der Waals surface area contributed by atoms with E-state index in [0.29, 0.717) is 11.5 Å². The second kappa shape index (κ2) is 7.35. The highest BCUT2D eigenvalue weighted by atomic mass is 32.2. The molecule has 4 heteroatoms. The molecule has 0 aliphatic carbocycles. The van der Waals surface area contributed by atoms with Crippen LogP contribution in [0.2, 0.25) is 0 Å². The maximum atomic E-state index is 11.3. The van der Waals surface area contributed by atoms with Crippen LogP contribution in [-0.4, -0.2) is 25.4 Å². The van der Waals surface area contributed by atoms with Gasteiger partial charge in [0.1, 0.15) is 0 Å². The first kappa shape index (κ1) is 14.1. The van der Waals surface area contributed by atoms with Crippen LogP contribution in [0.1, 0.15) is 22.8 Å². The van der Waals surface area contributed by atoms with Crippen LogP contribution >= 0.6 is 11.8 Å². The van der Waals surface area contributed by atoms with Gasteiger partial charge in [0.25, 0.3) is 0 Å². The van der Waals surface area contributed by atoms with Crippen LogP contribution in [0, 0.1) is 5.92 Å². The summed E-state index contributed by atoms with van der Waals surface area (Å²) < 4.78 is 4.69. The van der Waals surface area contributed by atoms with E-state index in [0.717, 1.165) is 23.6 Å². The molecule has 0 aliphatic heterocycles. The molecule has 0 aliphatic rings. The van der Waals surface area contributed by atoms with Gasteiger partial charge in [0.2, 0.25) is 0 Å².